The van der Waals surface area contributed by atoms with Gasteiger partial charge in [0.25, 0.3) is 0 Å². The molecular formula is C15H17NO3. The Kier molecular flexibility index (Phi) is 4.00. The third kappa shape index (κ3) is 3.02. The number of carbonyl (C=O) groups excluding carboxylic acids is 1. The maximum Gasteiger partial charge on any atom is 0.232 e. The molecule has 0 spiro atoms. The quantitative estimate of drug-likeness (QED) is 0.771. The average Bonchev–Trinajstić information content (AvgIpc) is 2.75. The number of benzene rings is 1. The third-order valence-corrected chi connectivity index (χ3v) is 2.93. The number of aromatic nitrogens is 1. The van der Waals surface area contributed by atoms with E-state index >= 15 is 0 Å². The SMILES string of the molecule is CCC(=O)c1ccccc1OCc1nc(C)c(C)o1. The topological polar surface area (TPSA) is 52.3 Å². The number of Topliss-reactive ketones (excluding diaryl/α,β-unsaturated/α-hetero) is 1. The lowest BCUT2D eigenvalue weighted by Crippen LogP contribution is -2.03. The van der Waals surface area contributed by atoms with E-state index in [0.717, 1.165) is 11.5 Å². The van der Waals surface area contributed by atoms with Crippen LogP contribution in [0.25, 0.3) is 0 Å². The predicted octanol–water partition coefficient (Wildman–Crippen LogP) is 3.46. The van der Waals surface area contributed by atoms with E-state index in [4.69, 9.17) is 9.15 Å². The van der Waals surface area contributed by atoms with Crippen molar-refractivity contribution in [1.29, 1.82) is 0 Å². The van der Waals surface area contributed by atoms with Gasteiger partial charge in [-0.2, -0.15) is 0 Å². The Morgan fingerprint density at radius 3 is 2.68 bits per heavy atom. The van der Waals surface area contributed by atoms with Crippen molar-refractivity contribution in [2.45, 2.75) is 33.8 Å². The van der Waals surface area contributed by atoms with E-state index in [1.807, 2.05) is 32.9 Å². The zero-order valence-corrected chi connectivity index (χ0v) is 11.4. The van der Waals surface area contributed by atoms with Crippen molar-refractivity contribution in [3.05, 3.63) is 47.2 Å². The smallest absolute Gasteiger partial charge is 0.232 e. The van der Waals surface area contributed by atoms with E-state index < -0.39 is 0 Å². The van der Waals surface area contributed by atoms with Crippen LogP contribution in [0, 0.1) is 13.8 Å². The highest BCUT2D eigenvalue weighted by Gasteiger charge is 2.12. The Morgan fingerprint density at radius 2 is 2.05 bits per heavy atom. The molecule has 100 valence electrons. The molecule has 0 aliphatic rings. The van der Waals surface area contributed by atoms with E-state index in [1.54, 1.807) is 12.1 Å². The number of aryl methyl sites for hydroxylation is 2. The first-order chi connectivity index (χ1) is 9.11. The molecule has 0 amide bonds. The molecule has 0 saturated heterocycles. The Hall–Kier alpha value is -2.10. The van der Waals surface area contributed by atoms with Gasteiger partial charge in [-0.3, -0.25) is 4.79 Å². The standard InChI is InChI=1S/C15H17NO3/c1-4-13(17)12-7-5-6-8-14(12)18-9-15-16-10(2)11(3)19-15/h5-8H,4,9H2,1-3H3. The molecule has 0 saturated carbocycles. The molecule has 1 aromatic heterocycles. The fourth-order valence-corrected chi connectivity index (χ4v) is 1.75. The van der Waals surface area contributed by atoms with Gasteiger partial charge in [0.15, 0.2) is 12.4 Å². The summed E-state index contributed by atoms with van der Waals surface area (Å²) in [6, 6.07) is 7.22. The first-order valence-electron chi connectivity index (χ1n) is 6.29. The van der Waals surface area contributed by atoms with Gasteiger partial charge < -0.3 is 9.15 Å². The summed E-state index contributed by atoms with van der Waals surface area (Å²) in [5, 5.41) is 0. The van der Waals surface area contributed by atoms with Gasteiger partial charge in [0.1, 0.15) is 11.5 Å². The molecule has 0 atom stereocenters. The molecule has 0 N–H and O–H groups in total. The van der Waals surface area contributed by atoms with E-state index in [1.165, 1.54) is 0 Å². The highest BCUT2D eigenvalue weighted by atomic mass is 16.5. The lowest BCUT2D eigenvalue weighted by molar-refractivity contribution is 0.0983. The average molecular weight is 259 g/mol. The molecule has 0 fully saturated rings. The van der Waals surface area contributed by atoms with Crippen LogP contribution < -0.4 is 4.74 Å². The number of carbonyl (C=O) groups is 1. The molecule has 0 aliphatic carbocycles. The first kappa shape index (κ1) is 13.3. The van der Waals surface area contributed by atoms with Crippen molar-refractivity contribution in [2.24, 2.45) is 0 Å². The third-order valence-electron chi connectivity index (χ3n) is 2.93. The monoisotopic (exact) mass is 259 g/mol. The van der Waals surface area contributed by atoms with Crippen LogP contribution in [0.5, 0.6) is 5.75 Å². The van der Waals surface area contributed by atoms with E-state index in [-0.39, 0.29) is 12.4 Å². The van der Waals surface area contributed by atoms with Gasteiger partial charge in [-0.05, 0) is 26.0 Å². The van der Waals surface area contributed by atoms with Gasteiger partial charge >= 0.3 is 0 Å². The van der Waals surface area contributed by atoms with Crippen LogP contribution in [-0.2, 0) is 6.61 Å². The lowest BCUT2D eigenvalue weighted by Gasteiger charge is -2.08. The summed E-state index contributed by atoms with van der Waals surface area (Å²) >= 11 is 0. The largest absolute Gasteiger partial charge is 0.483 e. The van der Waals surface area contributed by atoms with Crippen LogP contribution in [0.4, 0.5) is 0 Å². The van der Waals surface area contributed by atoms with E-state index in [0.29, 0.717) is 23.6 Å². The van der Waals surface area contributed by atoms with Crippen molar-refractivity contribution in [2.75, 3.05) is 0 Å². The molecule has 0 unspecified atom stereocenters. The molecule has 2 aromatic rings. The van der Waals surface area contributed by atoms with E-state index in [2.05, 4.69) is 4.98 Å². The van der Waals surface area contributed by atoms with Gasteiger partial charge in [0, 0.05) is 6.42 Å². The number of nitrogens with zero attached hydrogens (tertiary/aromatic N) is 1. The van der Waals surface area contributed by atoms with Crippen molar-refractivity contribution in [3.8, 4) is 5.75 Å². The van der Waals surface area contributed by atoms with Crippen LogP contribution in [-0.4, -0.2) is 10.8 Å². The van der Waals surface area contributed by atoms with Crippen LogP contribution in [0.15, 0.2) is 28.7 Å². The summed E-state index contributed by atoms with van der Waals surface area (Å²) in [5.74, 6) is 1.95. The second-order valence-corrected chi connectivity index (χ2v) is 4.31. The predicted molar refractivity (Wildman–Crippen MR) is 71.4 cm³/mol. The fraction of sp³-hybridized carbons (Fsp3) is 0.333. The van der Waals surface area contributed by atoms with Gasteiger partial charge in [0.05, 0.1) is 11.3 Å². The number of hydrogen-bond donors (Lipinski definition) is 0. The minimum absolute atomic E-state index is 0.0652. The van der Waals surface area contributed by atoms with Gasteiger partial charge in [0.2, 0.25) is 5.89 Å². The maximum absolute atomic E-state index is 11.8. The molecule has 0 bridgehead atoms. The zero-order valence-electron chi connectivity index (χ0n) is 11.4. The molecule has 19 heavy (non-hydrogen) atoms. The highest BCUT2D eigenvalue weighted by Crippen LogP contribution is 2.21. The number of rotatable bonds is 5. The van der Waals surface area contributed by atoms with Crippen LogP contribution >= 0.6 is 0 Å². The van der Waals surface area contributed by atoms with Crippen LogP contribution in [0.2, 0.25) is 0 Å². The van der Waals surface area contributed by atoms with Crippen molar-refractivity contribution < 1.29 is 13.9 Å². The van der Waals surface area contributed by atoms with Crippen molar-refractivity contribution in [3.63, 3.8) is 0 Å². The van der Waals surface area contributed by atoms with Crippen molar-refractivity contribution in [1.82, 2.24) is 4.98 Å². The molecule has 4 nitrogen and oxygen atoms in total. The Morgan fingerprint density at radius 1 is 1.32 bits per heavy atom. The minimum atomic E-state index is 0.0652. The summed E-state index contributed by atoms with van der Waals surface area (Å²) in [6.07, 6.45) is 0.456. The number of ketones is 1. The molecular weight excluding hydrogens is 242 g/mol. The second kappa shape index (κ2) is 5.69. The summed E-state index contributed by atoms with van der Waals surface area (Å²) in [4.78, 5) is 16.0. The molecule has 4 heteroatoms. The second-order valence-electron chi connectivity index (χ2n) is 4.31. The summed E-state index contributed by atoms with van der Waals surface area (Å²) in [6.45, 7) is 5.81. The fourth-order valence-electron chi connectivity index (χ4n) is 1.75. The lowest BCUT2D eigenvalue weighted by atomic mass is 10.1. The molecule has 0 radical (unpaired) electrons. The molecule has 1 aromatic carbocycles. The van der Waals surface area contributed by atoms with Gasteiger partial charge in [-0.1, -0.05) is 19.1 Å². The Bertz CT molecular complexity index is 567. The van der Waals surface area contributed by atoms with Crippen LogP contribution in [0.1, 0.15) is 41.0 Å². The normalized spacial score (nSPS) is 10.5. The summed E-state index contributed by atoms with van der Waals surface area (Å²) in [7, 11) is 0. The van der Waals surface area contributed by atoms with Crippen LogP contribution in [0.3, 0.4) is 0 Å². The Balaban J connectivity index is 2.13. The van der Waals surface area contributed by atoms with Crippen molar-refractivity contribution >= 4 is 5.78 Å². The summed E-state index contributed by atoms with van der Waals surface area (Å²) in [5.41, 5.74) is 1.46. The molecule has 0 aliphatic heterocycles. The number of oxazole rings is 1. The molecule has 2 rings (SSSR count). The number of ether oxygens (including phenoxy) is 1. The number of hydrogen-bond acceptors (Lipinski definition) is 4. The number of para-hydroxylation sites is 1. The van der Waals surface area contributed by atoms with E-state index in [9.17, 15) is 4.79 Å². The Labute approximate surface area is 112 Å². The maximum atomic E-state index is 11.8. The van der Waals surface area contributed by atoms with Gasteiger partial charge in [-0.15, -0.1) is 0 Å². The zero-order chi connectivity index (χ0) is 13.8. The molecule has 1 heterocycles. The van der Waals surface area contributed by atoms with Gasteiger partial charge in [-0.25, -0.2) is 4.98 Å². The summed E-state index contributed by atoms with van der Waals surface area (Å²) < 4.78 is 11.1. The highest BCUT2D eigenvalue weighted by molar-refractivity contribution is 5.98. The first-order valence-corrected chi connectivity index (χ1v) is 6.29. The minimum Gasteiger partial charge on any atom is -0.483 e.